The largest absolute Gasteiger partial charge is 0.355 e. The molecule has 2 atom stereocenters. The number of aromatic nitrogens is 3. The zero-order valence-electron chi connectivity index (χ0n) is 21.4. The van der Waals surface area contributed by atoms with Crippen LogP contribution in [0, 0.1) is 17.6 Å². The molecule has 2 N–H and O–H groups in total. The summed E-state index contributed by atoms with van der Waals surface area (Å²) < 4.78 is 32.7. The first kappa shape index (κ1) is 25.5. The summed E-state index contributed by atoms with van der Waals surface area (Å²) >= 11 is 0. The van der Waals surface area contributed by atoms with Gasteiger partial charge < -0.3 is 15.2 Å². The second-order valence-electron chi connectivity index (χ2n) is 10.8. The van der Waals surface area contributed by atoms with E-state index < -0.39 is 35.0 Å². The van der Waals surface area contributed by atoms with Crippen LogP contribution >= 0.6 is 0 Å². The third-order valence-corrected chi connectivity index (χ3v) is 8.18. The Bertz CT molecular complexity index is 1360. The summed E-state index contributed by atoms with van der Waals surface area (Å²) in [5.74, 6) is -2.05. The van der Waals surface area contributed by atoms with Crippen LogP contribution in [0.2, 0.25) is 0 Å². The molecule has 0 bridgehead atoms. The number of halogens is 2. The molecule has 2 saturated carbocycles. The van der Waals surface area contributed by atoms with Gasteiger partial charge in [-0.3, -0.25) is 14.5 Å². The summed E-state index contributed by atoms with van der Waals surface area (Å²) in [6, 6.07) is 6.17. The first-order valence-electron chi connectivity index (χ1n) is 13.5. The Hall–Kier alpha value is -3.73. The predicted octanol–water partition coefficient (Wildman–Crippen LogP) is 3.58. The van der Waals surface area contributed by atoms with Crippen LogP contribution in [0.25, 0.3) is 11.3 Å². The van der Waals surface area contributed by atoms with Gasteiger partial charge in [0.1, 0.15) is 11.6 Å². The fourth-order valence-electron chi connectivity index (χ4n) is 5.86. The highest BCUT2D eigenvalue weighted by Gasteiger charge is 2.50. The van der Waals surface area contributed by atoms with Crippen LogP contribution in [0.15, 0.2) is 47.2 Å². The number of hydrogen-bond acceptors (Lipinski definition) is 7. The Morgan fingerprint density at radius 1 is 1.05 bits per heavy atom. The van der Waals surface area contributed by atoms with Gasteiger partial charge in [0, 0.05) is 49.7 Å². The maximum Gasteiger partial charge on any atom is 0.273 e. The van der Waals surface area contributed by atoms with Crippen molar-refractivity contribution in [1.29, 1.82) is 0 Å². The molecule has 1 saturated heterocycles. The van der Waals surface area contributed by atoms with Crippen molar-refractivity contribution in [2.45, 2.75) is 62.6 Å². The highest BCUT2D eigenvalue weighted by atomic mass is 19.1. The average Bonchev–Trinajstić information content (AvgIpc) is 3.31. The van der Waals surface area contributed by atoms with E-state index in [1.54, 1.807) is 18.5 Å². The van der Waals surface area contributed by atoms with Gasteiger partial charge in [-0.15, -0.1) is 0 Å². The van der Waals surface area contributed by atoms with Crippen molar-refractivity contribution in [3.8, 4) is 11.3 Å². The molecule has 0 unspecified atom stereocenters. The van der Waals surface area contributed by atoms with E-state index in [0.717, 1.165) is 44.4 Å². The molecule has 0 radical (unpaired) electrons. The standard InChI is InChI=1S/C28H30F2N6O3/c29-17-6-7-19(21(30)14-17)24-15-23(35-39-24)26(38)33-22-8-13-36(18-4-1-2-5-18)16-20(22)25(37)34-28(9-10-28)27-31-11-3-12-32-27/h3,6-7,11-12,14-15,18,20,22H,1-2,4-5,8-10,13,16H2,(H,33,38)(H,34,37)/t20-,22-/m1/s1. The van der Waals surface area contributed by atoms with E-state index in [0.29, 0.717) is 24.8 Å². The van der Waals surface area contributed by atoms with Crippen LogP contribution in [-0.4, -0.2) is 57.0 Å². The monoisotopic (exact) mass is 536 g/mol. The van der Waals surface area contributed by atoms with Gasteiger partial charge in [0.15, 0.2) is 17.3 Å². The number of carbonyl (C=O) groups is 2. The summed E-state index contributed by atoms with van der Waals surface area (Å²) in [7, 11) is 0. The van der Waals surface area contributed by atoms with Gasteiger partial charge in [-0.25, -0.2) is 18.7 Å². The number of rotatable bonds is 7. The smallest absolute Gasteiger partial charge is 0.273 e. The molecule has 3 aliphatic rings. The zero-order chi connectivity index (χ0) is 27.0. The quantitative estimate of drug-likeness (QED) is 0.475. The third kappa shape index (κ3) is 5.27. The van der Waals surface area contributed by atoms with E-state index in [2.05, 4.69) is 30.7 Å². The van der Waals surface area contributed by atoms with E-state index in [1.807, 2.05) is 0 Å². The van der Waals surface area contributed by atoms with Gasteiger partial charge in [0.05, 0.1) is 17.0 Å². The van der Waals surface area contributed by atoms with Gasteiger partial charge in [0.2, 0.25) is 5.91 Å². The van der Waals surface area contributed by atoms with Crippen molar-refractivity contribution < 1.29 is 22.9 Å². The molecule has 1 aliphatic heterocycles. The van der Waals surface area contributed by atoms with Crippen molar-refractivity contribution in [2.75, 3.05) is 13.1 Å². The number of hydrogen-bond donors (Lipinski definition) is 2. The number of nitrogens with one attached hydrogen (secondary N) is 2. The normalized spacial score (nSPS) is 22.9. The molecule has 11 heteroatoms. The first-order chi connectivity index (χ1) is 18.9. The van der Waals surface area contributed by atoms with Crippen molar-refractivity contribution in [3.05, 3.63) is 65.9 Å². The van der Waals surface area contributed by atoms with E-state index in [1.165, 1.54) is 25.0 Å². The maximum atomic E-state index is 14.2. The van der Waals surface area contributed by atoms with E-state index in [9.17, 15) is 18.4 Å². The minimum Gasteiger partial charge on any atom is -0.355 e. The molecule has 204 valence electrons. The lowest BCUT2D eigenvalue weighted by molar-refractivity contribution is -0.129. The Morgan fingerprint density at radius 3 is 2.54 bits per heavy atom. The zero-order valence-corrected chi connectivity index (χ0v) is 21.4. The van der Waals surface area contributed by atoms with Crippen LogP contribution in [0.3, 0.4) is 0 Å². The van der Waals surface area contributed by atoms with Crippen molar-refractivity contribution in [2.24, 2.45) is 5.92 Å². The topological polar surface area (TPSA) is 113 Å². The summed E-state index contributed by atoms with van der Waals surface area (Å²) in [6.45, 7) is 1.31. The molecule has 39 heavy (non-hydrogen) atoms. The third-order valence-electron chi connectivity index (χ3n) is 8.18. The molecule has 2 aliphatic carbocycles. The summed E-state index contributed by atoms with van der Waals surface area (Å²) in [4.78, 5) is 38.0. The minimum atomic E-state index is -0.814. The molecule has 3 aromatic rings. The first-order valence-corrected chi connectivity index (χ1v) is 13.5. The molecular weight excluding hydrogens is 506 g/mol. The Balaban J connectivity index is 1.19. The number of carbonyl (C=O) groups excluding carboxylic acids is 2. The second kappa shape index (κ2) is 10.4. The molecule has 0 spiro atoms. The molecule has 6 rings (SSSR count). The summed E-state index contributed by atoms with van der Waals surface area (Å²) in [5.41, 5.74) is -0.603. The Morgan fingerprint density at radius 2 is 1.82 bits per heavy atom. The molecule has 3 fully saturated rings. The predicted molar refractivity (Wildman–Crippen MR) is 136 cm³/mol. The van der Waals surface area contributed by atoms with E-state index >= 15 is 0 Å². The number of likely N-dealkylation sites (tertiary alicyclic amines) is 1. The number of benzene rings is 1. The van der Waals surface area contributed by atoms with Gasteiger partial charge in [0.25, 0.3) is 5.91 Å². The van der Waals surface area contributed by atoms with E-state index in [-0.39, 0.29) is 22.9 Å². The molecular formula is C28H30F2N6O3. The Labute approximate surface area is 224 Å². The van der Waals surface area contributed by atoms with Crippen LogP contribution in [-0.2, 0) is 10.3 Å². The van der Waals surface area contributed by atoms with Crippen LogP contribution < -0.4 is 10.6 Å². The summed E-state index contributed by atoms with van der Waals surface area (Å²) in [5, 5.41) is 9.98. The number of amides is 2. The van der Waals surface area contributed by atoms with Crippen LogP contribution in [0.1, 0.15) is 61.3 Å². The van der Waals surface area contributed by atoms with Crippen molar-refractivity contribution in [1.82, 2.24) is 30.7 Å². The lowest BCUT2D eigenvalue weighted by Crippen LogP contribution is -2.58. The molecule has 1 aromatic carbocycles. The Kier molecular flexibility index (Phi) is 6.84. The lowest BCUT2D eigenvalue weighted by Gasteiger charge is -2.41. The fraction of sp³-hybridized carbons (Fsp3) is 0.464. The van der Waals surface area contributed by atoms with Crippen molar-refractivity contribution >= 4 is 11.8 Å². The van der Waals surface area contributed by atoms with Gasteiger partial charge in [-0.2, -0.15) is 0 Å². The number of piperidine rings is 1. The van der Waals surface area contributed by atoms with Gasteiger partial charge >= 0.3 is 0 Å². The average molecular weight is 537 g/mol. The molecule has 2 aromatic heterocycles. The van der Waals surface area contributed by atoms with Gasteiger partial charge in [-0.1, -0.05) is 18.0 Å². The van der Waals surface area contributed by atoms with Crippen LogP contribution in [0.5, 0.6) is 0 Å². The summed E-state index contributed by atoms with van der Waals surface area (Å²) in [6.07, 6.45) is 10.1. The SMILES string of the molecule is O=C(N[C@@H]1CCN(C2CCCC2)C[C@H]1C(=O)NC1(c2ncccn2)CC1)c1cc(-c2ccc(F)cc2F)on1. The van der Waals surface area contributed by atoms with Crippen molar-refractivity contribution in [3.63, 3.8) is 0 Å². The van der Waals surface area contributed by atoms with Gasteiger partial charge in [-0.05, 0) is 50.3 Å². The highest BCUT2D eigenvalue weighted by molar-refractivity contribution is 5.94. The highest BCUT2D eigenvalue weighted by Crippen LogP contribution is 2.44. The number of nitrogens with zero attached hydrogens (tertiary/aromatic N) is 4. The molecule has 2 amide bonds. The fourth-order valence-corrected chi connectivity index (χ4v) is 5.86. The maximum absolute atomic E-state index is 14.2. The minimum absolute atomic E-state index is 0.00272. The van der Waals surface area contributed by atoms with Crippen LogP contribution in [0.4, 0.5) is 8.78 Å². The molecule has 3 heterocycles. The molecule has 9 nitrogen and oxygen atoms in total. The van der Waals surface area contributed by atoms with E-state index in [4.69, 9.17) is 4.52 Å². The lowest BCUT2D eigenvalue weighted by atomic mass is 9.89. The second-order valence-corrected chi connectivity index (χ2v) is 10.8.